The van der Waals surface area contributed by atoms with Crippen molar-refractivity contribution in [3.63, 3.8) is 0 Å². The second kappa shape index (κ2) is 21.5. The normalized spacial score (nSPS) is 10.4. The fourth-order valence-electron chi connectivity index (χ4n) is 1.99. The van der Waals surface area contributed by atoms with Crippen LogP contribution < -0.4 is 0 Å². The first-order valence-electron chi connectivity index (χ1n) is 8.60. The van der Waals surface area contributed by atoms with E-state index in [4.69, 9.17) is 15.0 Å². The lowest BCUT2D eigenvalue weighted by molar-refractivity contribution is -0.134. The van der Waals surface area contributed by atoms with E-state index in [1.165, 1.54) is 70.6 Å². The lowest BCUT2D eigenvalue weighted by Crippen LogP contribution is -1.84. The van der Waals surface area contributed by atoms with Gasteiger partial charge in [0, 0.05) is 13.5 Å². The first kappa shape index (κ1) is 22.5. The van der Waals surface area contributed by atoms with Crippen molar-refractivity contribution in [1.82, 2.24) is 0 Å². The molecule has 0 unspecified atom stereocenters. The van der Waals surface area contributed by atoms with Gasteiger partial charge < -0.3 is 10.2 Å². The number of hydrogen-bond donors (Lipinski definition) is 2. The highest BCUT2D eigenvalue weighted by atomic mass is 16.4. The maximum absolute atomic E-state index is 9.00. The first-order valence-corrected chi connectivity index (χ1v) is 8.60. The summed E-state index contributed by atoms with van der Waals surface area (Å²) in [5, 5.41) is 16.1. The zero-order valence-electron chi connectivity index (χ0n) is 14.1. The van der Waals surface area contributed by atoms with Crippen LogP contribution in [0.4, 0.5) is 0 Å². The molecule has 3 nitrogen and oxygen atoms in total. The van der Waals surface area contributed by atoms with Crippen LogP contribution in [0.2, 0.25) is 0 Å². The van der Waals surface area contributed by atoms with Crippen molar-refractivity contribution in [2.24, 2.45) is 0 Å². The quantitative estimate of drug-likeness (QED) is 0.357. The minimum atomic E-state index is -0.833. The van der Waals surface area contributed by atoms with Crippen molar-refractivity contribution in [3.05, 3.63) is 12.2 Å². The van der Waals surface area contributed by atoms with Gasteiger partial charge in [0.1, 0.15) is 0 Å². The number of allylic oxidation sites excluding steroid dienone is 2. The van der Waals surface area contributed by atoms with Gasteiger partial charge in [-0.1, -0.05) is 70.4 Å². The molecular formula is C18H36O3. The van der Waals surface area contributed by atoms with Gasteiger partial charge in [-0.05, 0) is 25.7 Å². The number of carbonyl (C=O) groups is 1. The van der Waals surface area contributed by atoms with Crippen LogP contribution >= 0.6 is 0 Å². The van der Waals surface area contributed by atoms with Crippen molar-refractivity contribution >= 4 is 5.97 Å². The molecule has 0 aliphatic heterocycles. The number of aliphatic carboxylic acids is 1. The highest BCUT2D eigenvalue weighted by molar-refractivity contribution is 5.62. The highest BCUT2D eigenvalue weighted by Gasteiger charge is 1.91. The van der Waals surface area contributed by atoms with E-state index in [1.807, 2.05) is 0 Å². The summed E-state index contributed by atoms with van der Waals surface area (Å²) in [6.07, 6.45) is 20.3. The molecule has 0 bridgehead atoms. The van der Waals surface area contributed by atoms with E-state index in [0.717, 1.165) is 13.3 Å². The summed E-state index contributed by atoms with van der Waals surface area (Å²) in [5.74, 6) is -0.833. The maximum Gasteiger partial charge on any atom is 0.300 e. The maximum atomic E-state index is 9.00. The molecule has 0 aromatic carbocycles. The molecule has 0 aromatic heterocycles. The van der Waals surface area contributed by atoms with Gasteiger partial charge in [-0.25, -0.2) is 0 Å². The molecule has 0 fully saturated rings. The van der Waals surface area contributed by atoms with Crippen LogP contribution in [0.25, 0.3) is 0 Å². The minimum absolute atomic E-state index is 0.365. The number of aliphatic hydroxyl groups is 1. The van der Waals surface area contributed by atoms with Gasteiger partial charge in [0.25, 0.3) is 5.97 Å². The molecule has 0 aromatic rings. The van der Waals surface area contributed by atoms with Crippen molar-refractivity contribution < 1.29 is 15.0 Å². The Labute approximate surface area is 131 Å². The van der Waals surface area contributed by atoms with Gasteiger partial charge in [0.05, 0.1) is 0 Å². The Balaban J connectivity index is 0. The molecule has 21 heavy (non-hydrogen) atoms. The Morgan fingerprint density at radius 2 is 1.19 bits per heavy atom. The third kappa shape index (κ3) is 32.6. The molecule has 3 heteroatoms. The smallest absolute Gasteiger partial charge is 0.300 e. The van der Waals surface area contributed by atoms with Crippen LogP contribution in [0.5, 0.6) is 0 Å². The van der Waals surface area contributed by atoms with Gasteiger partial charge >= 0.3 is 0 Å². The summed E-state index contributed by atoms with van der Waals surface area (Å²) in [4.78, 5) is 9.00. The zero-order chi connectivity index (χ0) is 16.2. The van der Waals surface area contributed by atoms with E-state index in [-0.39, 0.29) is 0 Å². The van der Waals surface area contributed by atoms with E-state index in [2.05, 4.69) is 19.1 Å². The largest absolute Gasteiger partial charge is 0.481 e. The van der Waals surface area contributed by atoms with Crippen LogP contribution in [0.3, 0.4) is 0 Å². The second-order valence-electron chi connectivity index (χ2n) is 5.47. The van der Waals surface area contributed by atoms with E-state index in [0.29, 0.717) is 6.61 Å². The van der Waals surface area contributed by atoms with Crippen LogP contribution in [0.1, 0.15) is 90.9 Å². The van der Waals surface area contributed by atoms with Gasteiger partial charge in [-0.2, -0.15) is 0 Å². The number of aliphatic hydroxyl groups excluding tert-OH is 1. The average Bonchev–Trinajstić information content (AvgIpc) is 2.43. The second-order valence-corrected chi connectivity index (χ2v) is 5.47. The summed E-state index contributed by atoms with van der Waals surface area (Å²) >= 11 is 0. The molecule has 0 aliphatic carbocycles. The molecule has 0 spiro atoms. The van der Waals surface area contributed by atoms with Gasteiger partial charge in [0.15, 0.2) is 0 Å². The molecule has 2 N–H and O–H groups in total. The predicted octanol–water partition coefficient (Wildman–Crippen LogP) is 5.33. The molecule has 0 rings (SSSR count). The minimum Gasteiger partial charge on any atom is -0.481 e. The van der Waals surface area contributed by atoms with Crippen molar-refractivity contribution in [2.75, 3.05) is 6.61 Å². The van der Waals surface area contributed by atoms with Crippen LogP contribution in [-0.4, -0.2) is 22.8 Å². The Morgan fingerprint density at radius 3 is 1.62 bits per heavy atom. The van der Waals surface area contributed by atoms with E-state index in [1.54, 1.807) is 0 Å². The van der Waals surface area contributed by atoms with E-state index in [9.17, 15) is 0 Å². The molecule has 0 radical (unpaired) electrons. The average molecular weight is 300 g/mol. The highest BCUT2D eigenvalue weighted by Crippen LogP contribution is 2.10. The standard InChI is InChI=1S/C16H32O.C2H4O2/c1-2-3-4-5-6-7-8-9-10-11-12-13-14-15-16-17;1-2(3)4/h5-6,17H,2-4,7-16H2,1H3;1H3,(H,3,4). The Morgan fingerprint density at radius 1 is 0.810 bits per heavy atom. The topological polar surface area (TPSA) is 57.5 Å². The van der Waals surface area contributed by atoms with Gasteiger partial charge in [0.2, 0.25) is 0 Å². The van der Waals surface area contributed by atoms with Crippen LogP contribution in [0, 0.1) is 0 Å². The molecule has 0 heterocycles. The third-order valence-corrected chi connectivity index (χ3v) is 3.17. The van der Waals surface area contributed by atoms with Crippen molar-refractivity contribution in [1.29, 1.82) is 0 Å². The fraction of sp³-hybridized carbons (Fsp3) is 0.833. The van der Waals surface area contributed by atoms with Crippen LogP contribution in [-0.2, 0) is 4.79 Å². The summed E-state index contributed by atoms with van der Waals surface area (Å²) < 4.78 is 0. The SMILES string of the molecule is CC(=O)O.CCCCC=CCCCCCCCCCCO. The van der Waals surface area contributed by atoms with Crippen molar-refractivity contribution in [3.8, 4) is 0 Å². The summed E-state index contributed by atoms with van der Waals surface area (Å²) in [7, 11) is 0. The van der Waals surface area contributed by atoms with Gasteiger partial charge in [-0.15, -0.1) is 0 Å². The number of unbranched alkanes of at least 4 members (excludes halogenated alkanes) is 10. The third-order valence-electron chi connectivity index (χ3n) is 3.17. The number of carboxylic acid groups (broad SMARTS) is 1. The summed E-state index contributed by atoms with van der Waals surface area (Å²) in [6.45, 7) is 3.69. The summed E-state index contributed by atoms with van der Waals surface area (Å²) in [6, 6.07) is 0. The monoisotopic (exact) mass is 300 g/mol. The zero-order valence-corrected chi connectivity index (χ0v) is 14.1. The molecular weight excluding hydrogens is 264 g/mol. The van der Waals surface area contributed by atoms with Gasteiger partial charge in [-0.3, -0.25) is 4.79 Å². The van der Waals surface area contributed by atoms with Crippen molar-refractivity contribution in [2.45, 2.75) is 90.9 Å². The summed E-state index contributed by atoms with van der Waals surface area (Å²) in [5.41, 5.74) is 0. The Bertz CT molecular complexity index is 221. The lowest BCUT2D eigenvalue weighted by atomic mass is 10.1. The molecule has 0 aliphatic rings. The molecule has 0 saturated carbocycles. The molecule has 0 amide bonds. The predicted molar refractivity (Wildman–Crippen MR) is 90.6 cm³/mol. The number of hydrogen-bond acceptors (Lipinski definition) is 2. The van der Waals surface area contributed by atoms with Crippen LogP contribution in [0.15, 0.2) is 12.2 Å². The first-order chi connectivity index (χ1) is 10.1. The number of rotatable bonds is 13. The fourth-order valence-corrected chi connectivity index (χ4v) is 1.99. The van der Waals surface area contributed by atoms with E-state index >= 15 is 0 Å². The molecule has 0 atom stereocenters. The Kier molecular flexibility index (Phi) is 23.0. The number of carboxylic acids is 1. The van der Waals surface area contributed by atoms with E-state index < -0.39 is 5.97 Å². The molecule has 0 saturated heterocycles. The molecule has 126 valence electrons. The lowest BCUT2D eigenvalue weighted by Gasteiger charge is -2.00. The Hall–Kier alpha value is -0.830.